The molecule has 0 bridgehead atoms. The van der Waals surface area contributed by atoms with Gasteiger partial charge >= 0.3 is 0 Å². The third kappa shape index (κ3) is 6.94. The second-order valence-corrected chi connectivity index (χ2v) is 18.4. The third-order valence-electron chi connectivity index (χ3n) is 14.5. The molecule has 0 saturated heterocycles. The van der Waals surface area contributed by atoms with Crippen molar-refractivity contribution in [3.05, 3.63) is 307 Å². The smallest absolute Gasteiger partial charge is 0.0713 e. The Hall–Kier alpha value is -9.04. The molecule has 12 aromatic carbocycles. The fourth-order valence-corrected chi connectivity index (χ4v) is 11.3. The van der Waals surface area contributed by atoms with E-state index in [-0.39, 0.29) is 0 Å². The minimum absolute atomic E-state index is 0.447. The summed E-state index contributed by atoms with van der Waals surface area (Å²) in [6.07, 6.45) is 0. The lowest BCUT2D eigenvalue weighted by Crippen LogP contribution is -2.28. The quantitative estimate of drug-likeness (QED) is 0.140. The largest absolute Gasteiger partial charge is 0.310 e. The zero-order valence-electron chi connectivity index (χ0n) is 38.6. The Kier molecular flexibility index (Phi) is 10.1. The summed E-state index contributed by atoms with van der Waals surface area (Å²) in [5.41, 5.74) is 20.3. The number of hydrogen-bond donors (Lipinski definition) is 0. The third-order valence-corrected chi connectivity index (χ3v) is 14.5. The van der Waals surface area contributed by atoms with Gasteiger partial charge in [0.15, 0.2) is 0 Å². The summed E-state index contributed by atoms with van der Waals surface area (Å²) in [5.74, 6) is 0. The van der Waals surface area contributed by atoms with Crippen LogP contribution >= 0.6 is 0 Å². The summed E-state index contributed by atoms with van der Waals surface area (Å²) >= 11 is 0. The van der Waals surface area contributed by atoms with Crippen molar-refractivity contribution in [1.29, 1.82) is 0 Å². The molecule has 0 amide bonds. The molecular weight excluding hydrogens is 843 g/mol. The normalized spacial score (nSPS) is 12.4. The van der Waals surface area contributed by atoms with E-state index in [2.05, 4.69) is 290 Å². The minimum Gasteiger partial charge on any atom is -0.310 e. The van der Waals surface area contributed by atoms with Crippen LogP contribution in [0.2, 0.25) is 0 Å². The number of fused-ring (bicyclic) bond motifs is 5. The Balaban J connectivity index is 0.909. The maximum absolute atomic E-state index is 2.39. The molecule has 0 atom stereocenters. The Morgan fingerprint density at radius 1 is 0.243 bits per heavy atom. The maximum Gasteiger partial charge on any atom is 0.0713 e. The molecule has 1 nitrogen and oxygen atoms in total. The highest BCUT2D eigenvalue weighted by molar-refractivity contribution is 6.00. The molecule has 12 aromatic rings. The van der Waals surface area contributed by atoms with E-state index in [1.54, 1.807) is 0 Å². The fraction of sp³-hybridized carbons (Fsp3) is 0.0145. The molecule has 70 heavy (non-hydrogen) atoms. The highest BCUT2D eigenvalue weighted by atomic mass is 15.1. The first-order valence-electron chi connectivity index (χ1n) is 24.2. The zero-order chi connectivity index (χ0) is 46.4. The van der Waals surface area contributed by atoms with Crippen molar-refractivity contribution >= 4 is 38.6 Å². The number of hydrogen-bond acceptors (Lipinski definition) is 1. The fourth-order valence-electron chi connectivity index (χ4n) is 11.3. The van der Waals surface area contributed by atoms with Crippen LogP contribution in [-0.2, 0) is 5.41 Å². The Bertz CT molecular complexity index is 3810. The van der Waals surface area contributed by atoms with E-state index in [4.69, 9.17) is 0 Å². The molecule has 0 N–H and O–H groups in total. The Morgan fingerprint density at radius 3 is 1.44 bits per heavy atom. The first-order chi connectivity index (χ1) is 34.7. The minimum atomic E-state index is -0.447. The predicted octanol–water partition coefficient (Wildman–Crippen LogP) is 18.5. The van der Waals surface area contributed by atoms with Gasteiger partial charge in [-0.3, -0.25) is 0 Å². The lowest BCUT2D eigenvalue weighted by molar-refractivity contribution is 0.768. The van der Waals surface area contributed by atoms with Gasteiger partial charge in [0.25, 0.3) is 0 Å². The molecule has 328 valence electrons. The van der Waals surface area contributed by atoms with Crippen LogP contribution in [-0.4, -0.2) is 0 Å². The summed E-state index contributed by atoms with van der Waals surface area (Å²) in [6.45, 7) is 0. The molecule has 0 fully saturated rings. The first-order valence-corrected chi connectivity index (χ1v) is 24.2. The van der Waals surface area contributed by atoms with Gasteiger partial charge in [-0.2, -0.15) is 0 Å². The molecule has 1 aliphatic rings. The molecule has 0 aliphatic heterocycles. The van der Waals surface area contributed by atoms with Crippen molar-refractivity contribution in [1.82, 2.24) is 0 Å². The molecule has 0 saturated carbocycles. The van der Waals surface area contributed by atoms with Crippen molar-refractivity contribution in [2.75, 3.05) is 4.90 Å². The summed E-state index contributed by atoms with van der Waals surface area (Å²) in [6, 6.07) is 105. The number of anilines is 3. The van der Waals surface area contributed by atoms with Gasteiger partial charge in [0.05, 0.1) is 5.41 Å². The van der Waals surface area contributed by atoms with Crippen molar-refractivity contribution in [2.24, 2.45) is 0 Å². The molecule has 13 rings (SSSR count). The zero-order valence-corrected chi connectivity index (χ0v) is 38.6. The lowest BCUT2D eigenvalue weighted by atomic mass is 9.67. The van der Waals surface area contributed by atoms with E-state index in [9.17, 15) is 0 Å². The van der Waals surface area contributed by atoms with E-state index in [1.807, 2.05) is 0 Å². The summed E-state index contributed by atoms with van der Waals surface area (Å²) < 4.78 is 0. The van der Waals surface area contributed by atoms with E-state index in [0.29, 0.717) is 0 Å². The molecule has 0 radical (unpaired) electrons. The van der Waals surface area contributed by atoms with Gasteiger partial charge in [-0.15, -0.1) is 0 Å². The van der Waals surface area contributed by atoms with E-state index in [0.717, 1.165) is 17.1 Å². The van der Waals surface area contributed by atoms with Crippen LogP contribution in [0.15, 0.2) is 285 Å². The molecular formula is C69H47N. The molecule has 1 heteroatoms. The number of benzene rings is 12. The number of rotatable bonds is 9. The molecule has 0 unspecified atom stereocenters. The van der Waals surface area contributed by atoms with E-state index >= 15 is 0 Å². The van der Waals surface area contributed by atoms with Gasteiger partial charge < -0.3 is 4.90 Å². The van der Waals surface area contributed by atoms with Gasteiger partial charge in [-0.05, 0) is 148 Å². The van der Waals surface area contributed by atoms with Crippen LogP contribution in [0.3, 0.4) is 0 Å². The summed E-state index contributed by atoms with van der Waals surface area (Å²) in [5, 5.41) is 4.88. The topological polar surface area (TPSA) is 3.24 Å². The van der Waals surface area contributed by atoms with Gasteiger partial charge in [-0.25, -0.2) is 0 Å². The molecule has 0 spiro atoms. The van der Waals surface area contributed by atoms with Crippen LogP contribution in [0.1, 0.15) is 22.3 Å². The van der Waals surface area contributed by atoms with E-state index in [1.165, 1.54) is 99.4 Å². The molecule has 1 aliphatic carbocycles. The van der Waals surface area contributed by atoms with Crippen LogP contribution in [0.5, 0.6) is 0 Å². The number of nitrogens with zero attached hydrogens (tertiary/aromatic N) is 1. The van der Waals surface area contributed by atoms with Gasteiger partial charge in [0.1, 0.15) is 0 Å². The maximum atomic E-state index is 2.39. The Labute approximate surface area is 409 Å². The predicted molar refractivity (Wildman–Crippen MR) is 295 cm³/mol. The van der Waals surface area contributed by atoms with Crippen LogP contribution in [0, 0.1) is 0 Å². The monoisotopic (exact) mass is 889 g/mol. The standard InChI is InChI=1S/C69H47N/c1-4-17-48(18-5-1)52-21-14-22-53(45-52)49-35-40-59(41-36-49)70(60-42-37-51(38-43-60)63-29-15-20-50-19-10-11-27-62(50)63)61-44-39-54-46-56(34-33-55(54)47-61)64-30-16-32-67-68(64)65-28-12-13-31-66(65)69(67,57-23-6-2-7-24-57)58-25-8-3-9-26-58/h1-47H. The SMILES string of the molecule is c1ccc(-c2cccc(-c3ccc(N(c4ccc(-c5cccc6ccccc56)cc4)c4ccc5cc(-c6cccc7c6-c6ccccc6C7(c6ccccc6)c6ccccc6)ccc5c4)cc3)c2)cc1. The van der Waals surface area contributed by atoms with Crippen LogP contribution in [0.4, 0.5) is 17.1 Å². The van der Waals surface area contributed by atoms with Gasteiger partial charge in [-0.1, -0.05) is 237 Å². The summed E-state index contributed by atoms with van der Waals surface area (Å²) in [7, 11) is 0. The summed E-state index contributed by atoms with van der Waals surface area (Å²) in [4.78, 5) is 2.39. The highest BCUT2D eigenvalue weighted by Crippen LogP contribution is 2.58. The lowest BCUT2D eigenvalue weighted by Gasteiger charge is -2.34. The highest BCUT2D eigenvalue weighted by Gasteiger charge is 2.46. The molecule has 0 aromatic heterocycles. The average Bonchev–Trinajstić information content (AvgIpc) is 3.75. The Morgan fingerprint density at radius 2 is 0.714 bits per heavy atom. The van der Waals surface area contributed by atoms with Gasteiger partial charge in [0, 0.05) is 17.1 Å². The second-order valence-electron chi connectivity index (χ2n) is 18.4. The van der Waals surface area contributed by atoms with Crippen molar-refractivity contribution in [2.45, 2.75) is 5.41 Å². The van der Waals surface area contributed by atoms with Crippen molar-refractivity contribution < 1.29 is 0 Å². The van der Waals surface area contributed by atoms with Gasteiger partial charge in [0.2, 0.25) is 0 Å². The van der Waals surface area contributed by atoms with Crippen molar-refractivity contribution in [3.8, 4) is 55.6 Å². The van der Waals surface area contributed by atoms with E-state index < -0.39 is 5.41 Å². The van der Waals surface area contributed by atoms with Crippen molar-refractivity contribution in [3.63, 3.8) is 0 Å². The average molecular weight is 890 g/mol. The second kappa shape index (κ2) is 17.2. The first kappa shape index (κ1) is 41.2. The van der Waals surface area contributed by atoms with Crippen LogP contribution < -0.4 is 4.90 Å². The van der Waals surface area contributed by atoms with Crippen LogP contribution in [0.25, 0.3) is 77.2 Å². The molecule has 0 heterocycles.